The summed E-state index contributed by atoms with van der Waals surface area (Å²) < 4.78 is 0. The Hall–Kier alpha value is -0.370. The molecule has 0 aromatic heterocycles. The smallest absolute Gasteiger partial charge is 0.143 e. The van der Waals surface area contributed by atoms with Crippen molar-refractivity contribution < 1.29 is 4.79 Å². The van der Waals surface area contributed by atoms with Crippen LogP contribution in [0, 0.1) is 5.41 Å². The van der Waals surface area contributed by atoms with Crippen molar-refractivity contribution in [2.24, 2.45) is 5.41 Å². The lowest BCUT2D eigenvalue weighted by atomic mass is 9.75. The van der Waals surface area contributed by atoms with Crippen molar-refractivity contribution in [2.75, 3.05) is 13.6 Å². The molecule has 2 heteroatoms. The van der Waals surface area contributed by atoms with E-state index in [1.165, 1.54) is 25.7 Å². The fraction of sp³-hybridized carbons (Fsp3) is 0.917. The topological polar surface area (TPSA) is 20.3 Å². The maximum Gasteiger partial charge on any atom is 0.143 e. The first-order valence-electron chi connectivity index (χ1n) is 5.60. The van der Waals surface area contributed by atoms with Gasteiger partial charge in [0.25, 0.3) is 0 Å². The zero-order valence-corrected chi connectivity index (χ0v) is 9.97. The number of carbonyl (C=O) groups is 1. The molecule has 0 N–H and O–H groups in total. The molecule has 0 aliphatic heterocycles. The molecule has 0 spiro atoms. The molecule has 0 radical (unpaired) electrons. The Bertz CT molecular complexity index is 200. The number of ketones is 1. The maximum atomic E-state index is 11.0. The first-order chi connectivity index (χ1) is 6.41. The third kappa shape index (κ3) is 3.41. The van der Waals surface area contributed by atoms with E-state index in [-0.39, 0.29) is 5.78 Å². The Labute approximate surface area is 87.7 Å². The Morgan fingerprint density at radius 1 is 1.36 bits per heavy atom. The Morgan fingerprint density at radius 3 is 2.29 bits per heavy atom. The second-order valence-corrected chi connectivity index (χ2v) is 5.51. The van der Waals surface area contributed by atoms with Crippen molar-refractivity contribution in [3.8, 4) is 0 Å². The standard InChI is InChI=1S/C12H23NO/c1-10(14)9-13(4)11-5-7-12(2,3)8-6-11/h11H,5-9H2,1-4H3. The van der Waals surface area contributed by atoms with E-state index in [1.807, 2.05) is 0 Å². The van der Waals surface area contributed by atoms with E-state index in [4.69, 9.17) is 0 Å². The van der Waals surface area contributed by atoms with Crippen LogP contribution in [0.4, 0.5) is 0 Å². The molecule has 1 aliphatic rings. The molecule has 0 bridgehead atoms. The van der Waals surface area contributed by atoms with Gasteiger partial charge in [-0.25, -0.2) is 0 Å². The molecular formula is C12H23NO. The number of hydrogen-bond acceptors (Lipinski definition) is 2. The van der Waals surface area contributed by atoms with Crippen LogP contribution in [0.2, 0.25) is 0 Å². The summed E-state index contributed by atoms with van der Waals surface area (Å²) in [4.78, 5) is 13.2. The highest BCUT2D eigenvalue weighted by molar-refractivity contribution is 5.77. The highest BCUT2D eigenvalue weighted by Crippen LogP contribution is 2.36. The summed E-state index contributed by atoms with van der Waals surface area (Å²) >= 11 is 0. The van der Waals surface area contributed by atoms with Crippen LogP contribution in [0.5, 0.6) is 0 Å². The summed E-state index contributed by atoms with van der Waals surface area (Å²) in [6.07, 6.45) is 5.08. The van der Waals surface area contributed by atoms with Crippen LogP contribution in [0.1, 0.15) is 46.5 Å². The molecule has 1 aliphatic carbocycles. The minimum atomic E-state index is 0.275. The highest BCUT2D eigenvalue weighted by Gasteiger charge is 2.28. The largest absolute Gasteiger partial charge is 0.299 e. The molecule has 0 aromatic carbocycles. The molecule has 1 fully saturated rings. The molecule has 2 nitrogen and oxygen atoms in total. The fourth-order valence-corrected chi connectivity index (χ4v) is 2.31. The summed E-state index contributed by atoms with van der Waals surface area (Å²) in [5.74, 6) is 0.275. The van der Waals surface area contributed by atoms with Gasteiger partial charge in [-0.2, -0.15) is 0 Å². The minimum absolute atomic E-state index is 0.275. The van der Waals surface area contributed by atoms with Crippen LogP contribution in [-0.4, -0.2) is 30.3 Å². The molecule has 0 atom stereocenters. The van der Waals surface area contributed by atoms with Gasteiger partial charge in [0.1, 0.15) is 5.78 Å². The van der Waals surface area contributed by atoms with Crippen LogP contribution in [-0.2, 0) is 4.79 Å². The normalized spacial score (nSPS) is 22.6. The van der Waals surface area contributed by atoms with E-state index in [9.17, 15) is 4.79 Å². The van der Waals surface area contributed by atoms with Gasteiger partial charge in [-0.1, -0.05) is 13.8 Å². The van der Waals surface area contributed by atoms with Crippen molar-refractivity contribution in [1.29, 1.82) is 0 Å². The molecular weight excluding hydrogens is 174 g/mol. The third-order valence-electron chi connectivity index (χ3n) is 3.40. The molecule has 14 heavy (non-hydrogen) atoms. The number of carbonyl (C=O) groups excluding carboxylic acids is 1. The minimum Gasteiger partial charge on any atom is -0.299 e. The zero-order chi connectivity index (χ0) is 10.8. The average molecular weight is 197 g/mol. The van der Waals surface area contributed by atoms with Gasteiger partial charge >= 0.3 is 0 Å². The first-order valence-corrected chi connectivity index (χ1v) is 5.60. The SMILES string of the molecule is CC(=O)CN(C)C1CCC(C)(C)CC1. The third-order valence-corrected chi connectivity index (χ3v) is 3.40. The maximum absolute atomic E-state index is 11.0. The molecule has 0 amide bonds. The number of Topliss-reactive ketones (excluding diaryl/α,β-unsaturated/α-hetero) is 1. The van der Waals surface area contributed by atoms with E-state index in [0.29, 0.717) is 18.0 Å². The number of rotatable bonds is 3. The predicted molar refractivity (Wildman–Crippen MR) is 59.3 cm³/mol. The van der Waals surface area contributed by atoms with Gasteiger partial charge in [-0.05, 0) is 45.1 Å². The van der Waals surface area contributed by atoms with Gasteiger partial charge in [0, 0.05) is 6.04 Å². The summed E-state index contributed by atoms with van der Waals surface area (Å²) in [5.41, 5.74) is 0.521. The molecule has 1 saturated carbocycles. The van der Waals surface area contributed by atoms with Crippen molar-refractivity contribution in [3.63, 3.8) is 0 Å². The highest BCUT2D eigenvalue weighted by atomic mass is 16.1. The Balaban J connectivity index is 2.37. The fourth-order valence-electron chi connectivity index (χ4n) is 2.31. The van der Waals surface area contributed by atoms with Gasteiger partial charge in [0.2, 0.25) is 0 Å². The Kier molecular flexibility index (Phi) is 3.71. The van der Waals surface area contributed by atoms with Crippen LogP contribution < -0.4 is 0 Å². The zero-order valence-electron chi connectivity index (χ0n) is 9.97. The van der Waals surface area contributed by atoms with Gasteiger partial charge in [-0.3, -0.25) is 9.69 Å². The summed E-state index contributed by atoms with van der Waals surface area (Å²) in [7, 11) is 2.07. The van der Waals surface area contributed by atoms with Crippen molar-refractivity contribution >= 4 is 5.78 Å². The molecule has 82 valence electrons. The van der Waals surface area contributed by atoms with E-state index in [1.54, 1.807) is 6.92 Å². The van der Waals surface area contributed by atoms with Crippen LogP contribution >= 0.6 is 0 Å². The number of likely N-dealkylation sites (N-methyl/N-ethyl adjacent to an activating group) is 1. The van der Waals surface area contributed by atoms with Gasteiger partial charge in [-0.15, -0.1) is 0 Å². The van der Waals surface area contributed by atoms with E-state index >= 15 is 0 Å². The molecule has 0 saturated heterocycles. The van der Waals surface area contributed by atoms with E-state index < -0.39 is 0 Å². The second kappa shape index (κ2) is 4.43. The van der Waals surface area contributed by atoms with Crippen LogP contribution in [0.3, 0.4) is 0 Å². The molecule has 0 heterocycles. The predicted octanol–water partition coefficient (Wildman–Crippen LogP) is 2.48. The first kappa shape index (κ1) is 11.7. The van der Waals surface area contributed by atoms with Crippen molar-refractivity contribution in [1.82, 2.24) is 4.90 Å². The molecule has 0 aromatic rings. The average Bonchev–Trinajstić information content (AvgIpc) is 2.02. The van der Waals surface area contributed by atoms with Gasteiger partial charge < -0.3 is 0 Å². The second-order valence-electron chi connectivity index (χ2n) is 5.51. The summed E-state index contributed by atoms with van der Waals surface area (Å²) in [6, 6.07) is 0.631. The quantitative estimate of drug-likeness (QED) is 0.692. The van der Waals surface area contributed by atoms with Gasteiger partial charge in [0.15, 0.2) is 0 Å². The number of hydrogen-bond donors (Lipinski definition) is 0. The van der Waals surface area contributed by atoms with Crippen molar-refractivity contribution in [2.45, 2.75) is 52.5 Å². The molecule has 0 unspecified atom stereocenters. The van der Waals surface area contributed by atoms with Crippen LogP contribution in [0.25, 0.3) is 0 Å². The molecule has 1 rings (SSSR count). The van der Waals surface area contributed by atoms with E-state index in [0.717, 1.165) is 0 Å². The summed E-state index contributed by atoms with van der Waals surface area (Å²) in [5, 5.41) is 0. The lowest BCUT2D eigenvalue weighted by Crippen LogP contribution is -2.39. The van der Waals surface area contributed by atoms with Crippen molar-refractivity contribution in [3.05, 3.63) is 0 Å². The number of nitrogens with zero attached hydrogens (tertiary/aromatic N) is 1. The van der Waals surface area contributed by atoms with E-state index in [2.05, 4.69) is 25.8 Å². The summed E-state index contributed by atoms with van der Waals surface area (Å²) in [6.45, 7) is 6.97. The van der Waals surface area contributed by atoms with Gasteiger partial charge in [0.05, 0.1) is 6.54 Å². The lowest BCUT2D eigenvalue weighted by molar-refractivity contribution is -0.118. The Morgan fingerprint density at radius 2 is 1.86 bits per heavy atom. The lowest BCUT2D eigenvalue weighted by Gasteiger charge is -2.38. The van der Waals surface area contributed by atoms with Crippen LogP contribution in [0.15, 0.2) is 0 Å². The monoisotopic (exact) mass is 197 g/mol.